The van der Waals surface area contributed by atoms with Crippen LogP contribution in [-0.4, -0.2) is 16.0 Å². The summed E-state index contributed by atoms with van der Waals surface area (Å²) in [6, 6.07) is 8.87. The minimum atomic E-state index is -0.320. The van der Waals surface area contributed by atoms with Crippen LogP contribution >= 0.6 is 46.3 Å². The molecular weight excluding hydrogens is 361 g/mol. The van der Waals surface area contributed by atoms with Crippen LogP contribution in [0.5, 0.6) is 0 Å². The van der Waals surface area contributed by atoms with Crippen molar-refractivity contribution in [1.29, 1.82) is 0 Å². The number of nitrogens with zero attached hydrogens (tertiary/aromatic N) is 1. The molecule has 1 aromatic carbocycles. The maximum Gasteiger partial charge on any atom is 0.293 e. The molecule has 2 heterocycles. The van der Waals surface area contributed by atoms with Gasteiger partial charge in [-0.25, -0.2) is 0 Å². The van der Waals surface area contributed by atoms with Crippen molar-refractivity contribution in [3.8, 4) is 0 Å². The number of carbonyl (C=O) groups excluding carboxylic acids is 2. The topological polar surface area (TPSA) is 37.4 Å². The SMILES string of the molecule is O=C1S/C(=C\c2cccs2)C(=O)N1Cc1c(Cl)cccc1Cl. The second-order valence-electron chi connectivity index (χ2n) is 4.48. The van der Waals surface area contributed by atoms with Crippen molar-refractivity contribution < 1.29 is 9.59 Å². The maximum absolute atomic E-state index is 12.4. The van der Waals surface area contributed by atoms with Gasteiger partial charge in [0.15, 0.2) is 0 Å². The Kier molecular flexibility index (Phi) is 4.59. The number of benzene rings is 1. The van der Waals surface area contributed by atoms with Crippen molar-refractivity contribution in [3.63, 3.8) is 0 Å². The average Bonchev–Trinajstić information content (AvgIpc) is 3.06. The normalized spacial score (nSPS) is 16.8. The summed E-state index contributed by atoms with van der Waals surface area (Å²) in [4.78, 5) is 27.0. The molecule has 7 heteroatoms. The molecule has 0 bridgehead atoms. The lowest BCUT2D eigenvalue weighted by Gasteiger charge is -2.14. The third-order valence-corrected chi connectivity index (χ3v) is 5.50. The summed E-state index contributed by atoms with van der Waals surface area (Å²) in [7, 11) is 0. The summed E-state index contributed by atoms with van der Waals surface area (Å²) in [5, 5.41) is 2.48. The number of thioether (sulfide) groups is 1. The molecule has 3 nitrogen and oxygen atoms in total. The Bertz CT molecular complexity index is 752. The summed E-state index contributed by atoms with van der Waals surface area (Å²) < 4.78 is 0. The fraction of sp³-hybridized carbons (Fsp3) is 0.0667. The van der Waals surface area contributed by atoms with Crippen molar-refractivity contribution in [2.45, 2.75) is 6.54 Å². The largest absolute Gasteiger partial charge is 0.293 e. The summed E-state index contributed by atoms with van der Waals surface area (Å²) in [5.74, 6) is -0.320. The van der Waals surface area contributed by atoms with Gasteiger partial charge in [-0.3, -0.25) is 14.5 Å². The van der Waals surface area contributed by atoms with Crippen LogP contribution in [0.3, 0.4) is 0 Å². The fourth-order valence-corrected chi connectivity index (χ4v) is 4.06. The Balaban J connectivity index is 1.86. The van der Waals surface area contributed by atoms with Gasteiger partial charge in [0.05, 0.1) is 11.4 Å². The van der Waals surface area contributed by atoms with Gasteiger partial charge in [-0.2, -0.15) is 0 Å². The quantitative estimate of drug-likeness (QED) is 0.689. The number of hydrogen-bond acceptors (Lipinski definition) is 4. The zero-order valence-electron chi connectivity index (χ0n) is 11.1. The zero-order valence-corrected chi connectivity index (χ0v) is 14.2. The van der Waals surface area contributed by atoms with Crippen molar-refractivity contribution in [2.24, 2.45) is 0 Å². The molecule has 0 unspecified atom stereocenters. The third-order valence-electron chi connectivity index (χ3n) is 3.07. The van der Waals surface area contributed by atoms with Crippen molar-refractivity contribution in [1.82, 2.24) is 4.90 Å². The lowest BCUT2D eigenvalue weighted by atomic mass is 10.2. The van der Waals surface area contributed by atoms with Crippen LogP contribution in [0.4, 0.5) is 4.79 Å². The Hall–Kier alpha value is -1.27. The highest BCUT2D eigenvalue weighted by molar-refractivity contribution is 8.18. The number of carbonyl (C=O) groups is 2. The number of imide groups is 1. The molecule has 0 aliphatic carbocycles. The predicted molar refractivity (Wildman–Crippen MR) is 92.3 cm³/mol. The number of hydrogen-bond donors (Lipinski definition) is 0. The van der Waals surface area contributed by atoms with Crippen molar-refractivity contribution in [3.05, 3.63) is 61.1 Å². The van der Waals surface area contributed by atoms with Gasteiger partial charge in [0.1, 0.15) is 0 Å². The van der Waals surface area contributed by atoms with Crippen molar-refractivity contribution >= 4 is 63.5 Å². The highest BCUT2D eigenvalue weighted by Crippen LogP contribution is 2.35. The Morgan fingerprint density at radius 1 is 1.09 bits per heavy atom. The van der Waals surface area contributed by atoms with Crippen LogP contribution in [0, 0.1) is 0 Å². The molecule has 0 radical (unpaired) electrons. The second-order valence-corrected chi connectivity index (χ2v) is 7.27. The molecule has 1 aliphatic heterocycles. The first-order valence-electron chi connectivity index (χ1n) is 6.28. The molecular formula is C15H9Cl2NO2S2. The molecule has 0 spiro atoms. The van der Waals surface area contributed by atoms with Gasteiger partial charge in [-0.15, -0.1) is 11.3 Å². The average molecular weight is 370 g/mol. The van der Waals surface area contributed by atoms with Crippen LogP contribution in [0.1, 0.15) is 10.4 Å². The molecule has 1 fully saturated rings. The molecule has 2 amide bonds. The van der Waals surface area contributed by atoms with E-state index in [1.165, 1.54) is 11.3 Å². The van der Waals surface area contributed by atoms with Crippen LogP contribution in [-0.2, 0) is 11.3 Å². The number of halogens is 2. The van der Waals surface area contributed by atoms with E-state index in [0.717, 1.165) is 21.5 Å². The monoisotopic (exact) mass is 369 g/mol. The van der Waals surface area contributed by atoms with E-state index < -0.39 is 0 Å². The summed E-state index contributed by atoms with van der Waals surface area (Å²) in [6.07, 6.45) is 1.73. The molecule has 0 N–H and O–H groups in total. The highest BCUT2D eigenvalue weighted by Gasteiger charge is 2.35. The van der Waals surface area contributed by atoms with Gasteiger partial charge in [-0.1, -0.05) is 35.3 Å². The summed E-state index contributed by atoms with van der Waals surface area (Å²) >= 11 is 14.6. The lowest BCUT2D eigenvalue weighted by molar-refractivity contribution is -0.123. The van der Waals surface area contributed by atoms with Gasteiger partial charge in [0, 0.05) is 20.5 Å². The molecule has 1 aliphatic rings. The molecule has 2 aromatic rings. The number of thiophene rings is 1. The minimum Gasteiger partial charge on any atom is -0.268 e. The van der Waals surface area contributed by atoms with Gasteiger partial charge in [0.2, 0.25) is 0 Å². The molecule has 0 saturated carbocycles. The third kappa shape index (κ3) is 3.08. The van der Waals surface area contributed by atoms with E-state index in [-0.39, 0.29) is 17.7 Å². The van der Waals surface area contributed by atoms with Gasteiger partial charge >= 0.3 is 0 Å². The lowest BCUT2D eigenvalue weighted by Crippen LogP contribution is -2.27. The first kappa shape index (κ1) is 15.6. The van der Waals surface area contributed by atoms with Gasteiger partial charge < -0.3 is 0 Å². The zero-order chi connectivity index (χ0) is 15.7. The van der Waals surface area contributed by atoms with E-state index in [0.29, 0.717) is 20.5 Å². The first-order chi connectivity index (χ1) is 10.6. The number of amides is 2. The Morgan fingerprint density at radius 2 is 1.82 bits per heavy atom. The van der Waals surface area contributed by atoms with E-state index in [4.69, 9.17) is 23.2 Å². The van der Waals surface area contributed by atoms with E-state index in [1.807, 2.05) is 17.5 Å². The van der Waals surface area contributed by atoms with E-state index in [1.54, 1.807) is 24.3 Å². The number of rotatable bonds is 3. The second kappa shape index (κ2) is 6.46. The first-order valence-corrected chi connectivity index (χ1v) is 8.73. The molecule has 112 valence electrons. The maximum atomic E-state index is 12.4. The molecule has 22 heavy (non-hydrogen) atoms. The van der Waals surface area contributed by atoms with E-state index in [9.17, 15) is 9.59 Å². The van der Waals surface area contributed by atoms with Crippen LogP contribution in [0.2, 0.25) is 10.0 Å². The van der Waals surface area contributed by atoms with Gasteiger partial charge in [-0.05, 0) is 41.4 Å². The van der Waals surface area contributed by atoms with E-state index >= 15 is 0 Å². The van der Waals surface area contributed by atoms with E-state index in [2.05, 4.69) is 0 Å². The predicted octanol–water partition coefficient (Wildman–Crippen LogP) is 5.29. The minimum absolute atomic E-state index is 0.0744. The Morgan fingerprint density at radius 3 is 2.45 bits per heavy atom. The molecule has 1 aromatic heterocycles. The highest BCUT2D eigenvalue weighted by atomic mass is 35.5. The smallest absolute Gasteiger partial charge is 0.268 e. The standard InChI is InChI=1S/C15H9Cl2NO2S2/c16-11-4-1-5-12(17)10(11)8-18-14(19)13(22-15(18)20)7-9-3-2-6-21-9/h1-7H,8H2/b13-7-. The van der Waals surface area contributed by atoms with Gasteiger partial charge in [0.25, 0.3) is 11.1 Å². The summed E-state index contributed by atoms with van der Waals surface area (Å²) in [5.41, 5.74) is 0.575. The molecule has 3 rings (SSSR count). The van der Waals surface area contributed by atoms with Crippen molar-refractivity contribution in [2.75, 3.05) is 0 Å². The Labute approximate surface area is 145 Å². The molecule has 1 saturated heterocycles. The van der Waals surface area contributed by atoms with Crippen LogP contribution in [0.15, 0.2) is 40.6 Å². The van der Waals surface area contributed by atoms with Crippen LogP contribution in [0.25, 0.3) is 6.08 Å². The molecule has 0 atom stereocenters. The summed E-state index contributed by atoms with van der Waals surface area (Å²) in [6.45, 7) is 0.0744. The fourth-order valence-electron chi connectivity index (χ4n) is 1.98. The van der Waals surface area contributed by atoms with Crippen LogP contribution < -0.4 is 0 Å².